The summed E-state index contributed by atoms with van der Waals surface area (Å²) in [6, 6.07) is 6.83. The summed E-state index contributed by atoms with van der Waals surface area (Å²) >= 11 is 0. The second-order valence-corrected chi connectivity index (χ2v) is 5.05. The minimum Gasteiger partial charge on any atom is -0.513 e. The van der Waals surface area contributed by atoms with E-state index in [1.165, 1.54) is 30.5 Å². The Balaban J connectivity index is 2.01. The Morgan fingerprint density at radius 1 is 1.29 bits per heavy atom. The van der Waals surface area contributed by atoms with E-state index in [2.05, 4.69) is 6.58 Å². The minimum absolute atomic E-state index is 0.176. The van der Waals surface area contributed by atoms with Crippen molar-refractivity contribution in [2.75, 3.05) is 0 Å². The van der Waals surface area contributed by atoms with Crippen LogP contribution in [0.2, 0.25) is 0 Å². The maximum Gasteiger partial charge on any atom is 0.123 e. The average molecular weight is 234 g/mol. The summed E-state index contributed by atoms with van der Waals surface area (Å²) < 4.78 is 12.9. The predicted molar refractivity (Wildman–Crippen MR) is 67.5 cm³/mol. The van der Waals surface area contributed by atoms with Gasteiger partial charge >= 0.3 is 0 Å². The molecule has 0 bridgehead atoms. The molecule has 0 aliphatic heterocycles. The van der Waals surface area contributed by atoms with Gasteiger partial charge < -0.3 is 5.11 Å². The molecule has 0 radical (unpaired) electrons. The number of halogens is 1. The van der Waals surface area contributed by atoms with Gasteiger partial charge in [0.2, 0.25) is 0 Å². The zero-order valence-corrected chi connectivity index (χ0v) is 10.0. The first kappa shape index (κ1) is 12.2. The quantitative estimate of drug-likeness (QED) is 0.760. The normalized spacial score (nSPS) is 24.5. The standard InChI is InChI=1S/C15H19FO/c1-11(17)9-12-3-2-4-14(10-12)13-5-7-15(16)8-6-13/h5-8,12,14,17H,1-4,9-10H2. The number of rotatable bonds is 3. The first-order valence-electron chi connectivity index (χ1n) is 6.27. The van der Waals surface area contributed by atoms with Crippen LogP contribution in [-0.2, 0) is 0 Å². The lowest BCUT2D eigenvalue weighted by Gasteiger charge is -2.29. The second-order valence-electron chi connectivity index (χ2n) is 5.05. The lowest BCUT2D eigenvalue weighted by Crippen LogP contribution is -2.14. The van der Waals surface area contributed by atoms with E-state index in [-0.39, 0.29) is 11.6 Å². The molecule has 1 aliphatic rings. The summed E-state index contributed by atoms with van der Waals surface area (Å²) in [5.41, 5.74) is 1.22. The smallest absolute Gasteiger partial charge is 0.123 e. The zero-order chi connectivity index (χ0) is 12.3. The Hall–Kier alpha value is -1.31. The molecule has 2 rings (SSSR count). The summed E-state index contributed by atoms with van der Waals surface area (Å²) in [7, 11) is 0. The molecule has 0 saturated heterocycles. The van der Waals surface area contributed by atoms with Crippen LogP contribution in [0.3, 0.4) is 0 Å². The van der Waals surface area contributed by atoms with Crippen molar-refractivity contribution >= 4 is 0 Å². The van der Waals surface area contributed by atoms with Gasteiger partial charge in [0.05, 0.1) is 5.76 Å². The van der Waals surface area contributed by atoms with Crippen LogP contribution in [-0.4, -0.2) is 5.11 Å². The molecule has 1 aromatic rings. The number of benzene rings is 1. The topological polar surface area (TPSA) is 20.2 Å². The first-order valence-corrected chi connectivity index (χ1v) is 6.27. The summed E-state index contributed by atoms with van der Waals surface area (Å²) in [6.07, 6.45) is 5.29. The third kappa shape index (κ3) is 3.32. The molecular formula is C15H19FO. The highest BCUT2D eigenvalue weighted by Crippen LogP contribution is 2.38. The summed E-state index contributed by atoms with van der Waals surface area (Å²) in [5.74, 6) is 1.14. The summed E-state index contributed by atoms with van der Waals surface area (Å²) in [4.78, 5) is 0. The van der Waals surface area contributed by atoms with Crippen LogP contribution < -0.4 is 0 Å². The molecular weight excluding hydrogens is 215 g/mol. The highest BCUT2D eigenvalue weighted by atomic mass is 19.1. The van der Waals surface area contributed by atoms with Gasteiger partial charge in [-0.2, -0.15) is 0 Å². The minimum atomic E-state index is -0.176. The zero-order valence-electron chi connectivity index (χ0n) is 10.0. The van der Waals surface area contributed by atoms with Crippen molar-refractivity contribution in [3.05, 3.63) is 48.0 Å². The highest BCUT2D eigenvalue weighted by molar-refractivity contribution is 5.21. The van der Waals surface area contributed by atoms with Gasteiger partial charge in [-0.15, -0.1) is 0 Å². The Bertz CT molecular complexity index is 382. The van der Waals surface area contributed by atoms with Crippen LogP contribution in [0.4, 0.5) is 4.39 Å². The number of aliphatic hydroxyl groups excluding tert-OH is 1. The van der Waals surface area contributed by atoms with Crippen LogP contribution in [0.25, 0.3) is 0 Å². The number of hydrogen-bond donors (Lipinski definition) is 1. The maximum absolute atomic E-state index is 12.9. The first-order chi connectivity index (χ1) is 8.15. The fourth-order valence-electron chi connectivity index (χ4n) is 2.85. The molecule has 1 nitrogen and oxygen atoms in total. The van der Waals surface area contributed by atoms with Crippen LogP contribution >= 0.6 is 0 Å². The molecule has 17 heavy (non-hydrogen) atoms. The number of allylic oxidation sites excluding steroid dienone is 1. The lowest BCUT2D eigenvalue weighted by atomic mass is 9.76. The van der Waals surface area contributed by atoms with Gasteiger partial charge in [0.1, 0.15) is 5.82 Å². The van der Waals surface area contributed by atoms with Crippen LogP contribution in [0, 0.1) is 11.7 Å². The van der Waals surface area contributed by atoms with Gasteiger partial charge in [-0.3, -0.25) is 0 Å². The molecule has 2 unspecified atom stereocenters. The molecule has 1 fully saturated rings. The van der Waals surface area contributed by atoms with Crippen molar-refractivity contribution in [2.24, 2.45) is 5.92 Å². The van der Waals surface area contributed by atoms with E-state index < -0.39 is 0 Å². The van der Waals surface area contributed by atoms with E-state index in [4.69, 9.17) is 0 Å². The SMILES string of the molecule is C=C(O)CC1CCCC(c2ccc(F)cc2)C1. The van der Waals surface area contributed by atoms with Gasteiger partial charge in [0, 0.05) is 6.42 Å². The third-order valence-corrected chi connectivity index (χ3v) is 3.65. The van der Waals surface area contributed by atoms with E-state index in [9.17, 15) is 9.50 Å². The van der Waals surface area contributed by atoms with E-state index in [1.54, 1.807) is 0 Å². The van der Waals surface area contributed by atoms with Crippen molar-refractivity contribution in [1.82, 2.24) is 0 Å². The molecule has 92 valence electrons. The molecule has 0 heterocycles. The van der Waals surface area contributed by atoms with E-state index in [1.807, 2.05) is 12.1 Å². The molecule has 1 saturated carbocycles. The molecule has 0 spiro atoms. The number of hydrogen-bond acceptors (Lipinski definition) is 1. The van der Waals surface area contributed by atoms with Crippen molar-refractivity contribution in [3.8, 4) is 0 Å². The van der Waals surface area contributed by atoms with Crippen LogP contribution in [0.5, 0.6) is 0 Å². The maximum atomic E-state index is 12.9. The monoisotopic (exact) mass is 234 g/mol. The lowest BCUT2D eigenvalue weighted by molar-refractivity contribution is 0.278. The van der Waals surface area contributed by atoms with Crippen molar-refractivity contribution in [1.29, 1.82) is 0 Å². The van der Waals surface area contributed by atoms with Gasteiger partial charge in [0.15, 0.2) is 0 Å². The van der Waals surface area contributed by atoms with Crippen molar-refractivity contribution in [2.45, 2.75) is 38.0 Å². The van der Waals surface area contributed by atoms with E-state index in [0.29, 0.717) is 18.3 Å². The molecule has 1 N–H and O–H groups in total. The molecule has 2 atom stereocenters. The summed E-state index contributed by atoms with van der Waals surface area (Å²) in [5, 5.41) is 9.25. The molecule has 0 aromatic heterocycles. The van der Waals surface area contributed by atoms with Crippen LogP contribution in [0.15, 0.2) is 36.6 Å². The molecule has 1 aromatic carbocycles. The number of aliphatic hydroxyl groups is 1. The van der Waals surface area contributed by atoms with E-state index in [0.717, 1.165) is 12.8 Å². The van der Waals surface area contributed by atoms with E-state index >= 15 is 0 Å². The van der Waals surface area contributed by atoms with Crippen molar-refractivity contribution < 1.29 is 9.50 Å². The predicted octanol–water partition coefficient (Wildman–Crippen LogP) is 4.56. The van der Waals surface area contributed by atoms with Crippen molar-refractivity contribution in [3.63, 3.8) is 0 Å². The largest absolute Gasteiger partial charge is 0.513 e. The Morgan fingerprint density at radius 2 is 2.00 bits per heavy atom. The highest BCUT2D eigenvalue weighted by Gasteiger charge is 2.23. The fraction of sp³-hybridized carbons (Fsp3) is 0.467. The average Bonchev–Trinajstić information content (AvgIpc) is 2.29. The Labute approximate surface area is 102 Å². The second kappa shape index (κ2) is 5.35. The molecule has 1 aliphatic carbocycles. The van der Waals surface area contributed by atoms with Gasteiger partial charge in [-0.1, -0.05) is 25.1 Å². The summed E-state index contributed by atoms with van der Waals surface area (Å²) in [6.45, 7) is 3.56. The van der Waals surface area contributed by atoms with Gasteiger partial charge in [0.25, 0.3) is 0 Å². The third-order valence-electron chi connectivity index (χ3n) is 3.65. The Kier molecular flexibility index (Phi) is 3.82. The van der Waals surface area contributed by atoms with Crippen LogP contribution in [0.1, 0.15) is 43.6 Å². The van der Waals surface area contributed by atoms with Gasteiger partial charge in [-0.05, 0) is 48.8 Å². The fourth-order valence-corrected chi connectivity index (χ4v) is 2.85. The van der Waals surface area contributed by atoms with Gasteiger partial charge in [-0.25, -0.2) is 4.39 Å². The Morgan fingerprint density at radius 3 is 2.65 bits per heavy atom. The molecule has 2 heteroatoms. The molecule has 0 amide bonds.